The van der Waals surface area contributed by atoms with E-state index in [0.29, 0.717) is 17.9 Å². The van der Waals surface area contributed by atoms with Crippen molar-refractivity contribution >= 4 is 12.0 Å². The number of likely N-dealkylation sites (N-methyl/N-ethyl adjacent to an activating group) is 1. The molecule has 2 aromatic carbocycles. The molecule has 0 spiro atoms. The number of nitrogens with zero attached hydrogens (tertiary/aromatic N) is 2. The molecule has 1 aliphatic heterocycles. The summed E-state index contributed by atoms with van der Waals surface area (Å²) in [5, 5.41) is 13.2. The molecule has 1 amide bonds. The number of carbonyl (C=O) groups is 1. The molecule has 0 radical (unpaired) electrons. The van der Waals surface area contributed by atoms with Crippen LogP contribution in [0, 0.1) is 5.41 Å². The Morgan fingerprint density at radius 3 is 2.45 bits per heavy atom. The smallest absolute Gasteiger partial charge is 0.248 e. The van der Waals surface area contributed by atoms with Crippen molar-refractivity contribution in [2.45, 2.75) is 53.0 Å². The summed E-state index contributed by atoms with van der Waals surface area (Å²) in [6.07, 6.45) is 9.14. The summed E-state index contributed by atoms with van der Waals surface area (Å²) >= 11 is 0. The minimum Gasteiger partial charge on any atom is -0.504 e. The SMILES string of the molecule is CCCCC=C(NC(=O)C=Cc1ccc(OC)c(O)c1)C(C)(CC)COc1ccc(CN2CCN(C)CC2)cc1. The van der Waals surface area contributed by atoms with Gasteiger partial charge in [-0.15, -0.1) is 0 Å². The third-order valence-electron chi connectivity index (χ3n) is 7.71. The topological polar surface area (TPSA) is 74.3 Å². The minimum atomic E-state index is -0.367. The van der Waals surface area contributed by atoms with Gasteiger partial charge in [0, 0.05) is 49.9 Å². The number of amides is 1. The standard InChI is InChI=1S/C33H47N3O4/c1-6-8-9-10-31(34-32(38)18-14-26-13-17-30(39-5)29(37)23-26)33(3,7-2)25-40-28-15-11-27(12-16-28)24-36-21-19-35(4)20-22-36/h10-18,23,37H,6-9,19-22,24-25H2,1-5H3,(H,34,38). The van der Waals surface area contributed by atoms with Gasteiger partial charge in [0.1, 0.15) is 5.75 Å². The highest BCUT2D eigenvalue weighted by Crippen LogP contribution is 2.31. The molecule has 2 N–H and O–H groups in total. The molecule has 1 heterocycles. The van der Waals surface area contributed by atoms with Crippen LogP contribution in [0.5, 0.6) is 17.2 Å². The van der Waals surface area contributed by atoms with E-state index in [2.05, 4.69) is 61.1 Å². The summed E-state index contributed by atoms with van der Waals surface area (Å²) in [6.45, 7) is 12.3. The summed E-state index contributed by atoms with van der Waals surface area (Å²) in [6, 6.07) is 13.4. The molecule has 1 aliphatic rings. The molecular formula is C33H47N3O4. The molecule has 7 nitrogen and oxygen atoms in total. The van der Waals surface area contributed by atoms with E-state index >= 15 is 0 Å². The van der Waals surface area contributed by atoms with E-state index in [-0.39, 0.29) is 17.1 Å². The van der Waals surface area contributed by atoms with Crippen LogP contribution in [0.1, 0.15) is 57.6 Å². The van der Waals surface area contributed by atoms with Gasteiger partial charge < -0.3 is 24.8 Å². The van der Waals surface area contributed by atoms with Crippen molar-refractivity contribution in [1.29, 1.82) is 0 Å². The second-order valence-electron chi connectivity index (χ2n) is 10.9. The van der Waals surface area contributed by atoms with Gasteiger partial charge >= 0.3 is 0 Å². The molecule has 0 saturated carbocycles. The van der Waals surface area contributed by atoms with Gasteiger partial charge in [-0.1, -0.05) is 57.9 Å². The fourth-order valence-corrected chi connectivity index (χ4v) is 4.62. The van der Waals surface area contributed by atoms with Gasteiger partial charge in [-0.05, 0) is 61.4 Å². The normalized spacial score (nSPS) is 16.6. The van der Waals surface area contributed by atoms with Gasteiger partial charge in [-0.25, -0.2) is 0 Å². The number of benzene rings is 2. The largest absolute Gasteiger partial charge is 0.504 e. The molecule has 2 aromatic rings. The van der Waals surface area contributed by atoms with Crippen LogP contribution in [0.3, 0.4) is 0 Å². The number of hydrogen-bond donors (Lipinski definition) is 2. The number of allylic oxidation sites excluding steroid dienone is 1. The lowest BCUT2D eigenvalue weighted by atomic mass is 9.83. The van der Waals surface area contributed by atoms with Crippen molar-refractivity contribution in [1.82, 2.24) is 15.1 Å². The number of carbonyl (C=O) groups excluding carboxylic acids is 1. The van der Waals surface area contributed by atoms with Crippen molar-refractivity contribution in [3.05, 3.63) is 71.4 Å². The summed E-state index contributed by atoms with van der Waals surface area (Å²) in [5.74, 6) is 1.05. The number of phenols is 1. The Kier molecular flexibility index (Phi) is 12.1. The average molecular weight is 550 g/mol. The lowest BCUT2D eigenvalue weighted by Crippen LogP contribution is -2.43. The zero-order chi connectivity index (χ0) is 29.0. The number of nitrogens with one attached hydrogen (secondary N) is 1. The summed E-state index contributed by atoms with van der Waals surface area (Å²) < 4.78 is 11.4. The van der Waals surface area contributed by atoms with E-state index in [9.17, 15) is 9.90 Å². The zero-order valence-corrected chi connectivity index (χ0v) is 24.9. The second-order valence-corrected chi connectivity index (χ2v) is 10.9. The molecule has 1 saturated heterocycles. The van der Waals surface area contributed by atoms with Crippen molar-refractivity contribution in [3.63, 3.8) is 0 Å². The quantitative estimate of drug-likeness (QED) is 0.228. The van der Waals surface area contributed by atoms with Gasteiger partial charge in [0.2, 0.25) is 5.91 Å². The highest BCUT2D eigenvalue weighted by molar-refractivity contribution is 5.93. The van der Waals surface area contributed by atoms with E-state index in [1.54, 1.807) is 24.3 Å². The van der Waals surface area contributed by atoms with Gasteiger partial charge in [-0.3, -0.25) is 9.69 Å². The number of phenolic OH excluding ortho intramolecular Hbond substituents is 1. The predicted molar refractivity (Wildman–Crippen MR) is 163 cm³/mol. The van der Waals surface area contributed by atoms with Gasteiger partial charge in [-0.2, -0.15) is 0 Å². The number of piperazine rings is 1. The minimum absolute atomic E-state index is 0.0354. The molecule has 1 fully saturated rings. The molecule has 1 atom stereocenters. The Bertz CT molecular complexity index is 1140. The molecule has 218 valence electrons. The second kappa shape index (κ2) is 15.5. The Labute approximate surface area is 240 Å². The monoisotopic (exact) mass is 549 g/mol. The fourth-order valence-electron chi connectivity index (χ4n) is 4.62. The maximum Gasteiger partial charge on any atom is 0.248 e. The number of aromatic hydroxyl groups is 1. The van der Waals surface area contributed by atoms with Crippen LogP contribution < -0.4 is 14.8 Å². The molecule has 0 aliphatic carbocycles. The summed E-state index contributed by atoms with van der Waals surface area (Å²) in [5.41, 5.74) is 2.51. The van der Waals surface area contributed by atoms with Crippen LogP contribution in [-0.2, 0) is 11.3 Å². The molecule has 0 bridgehead atoms. The Morgan fingerprint density at radius 2 is 1.82 bits per heavy atom. The summed E-state index contributed by atoms with van der Waals surface area (Å²) in [4.78, 5) is 17.8. The van der Waals surface area contributed by atoms with Gasteiger partial charge in [0.15, 0.2) is 11.5 Å². The van der Waals surface area contributed by atoms with Crippen LogP contribution in [-0.4, -0.2) is 67.8 Å². The van der Waals surface area contributed by atoms with Crippen LogP contribution >= 0.6 is 0 Å². The van der Waals surface area contributed by atoms with Crippen molar-refractivity contribution in [2.75, 3.05) is 46.9 Å². The predicted octanol–water partition coefficient (Wildman–Crippen LogP) is 5.85. The van der Waals surface area contributed by atoms with Gasteiger partial charge in [0.25, 0.3) is 0 Å². The first kappa shape index (κ1) is 31.2. The number of hydrogen-bond acceptors (Lipinski definition) is 6. The zero-order valence-electron chi connectivity index (χ0n) is 24.9. The molecule has 0 aromatic heterocycles. The number of ether oxygens (including phenoxy) is 2. The van der Waals surface area contributed by atoms with Gasteiger partial charge in [0.05, 0.1) is 13.7 Å². The highest BCUT2D eigenvalue weighted by atomic mass is 16.5. The average Bonchev–Trinajstić information content (AvgIpc) is 2.96. The summed E-state index contributed by atoms with van der Waals surface area (Å²) in [7, 11) is 3.68. The van der Waals surface area contributed by atoms with Crippen molar-refractivity contribution < 1.29 is 19.4 Å². The molecule has 7 heteroatoms. The van der Waals surface area contributed by atoms with Crippen LogP contribution in [0.15, 0.2) is 60.3 Å². The maximum absolute atomic E-state index is 12.9. The van der Waals surface area contributed by atoms with Crippen LogP contribution in [0.4, 0.5) is 0 Å². The van der Waals surface area contributed by atoms with E-state index in [4.69, 9.17) is 9.47 Å². The number of unbranched alkanes of at least 4 members (excludes halogenated alkanes) is 2. The number of methoxy groups -OCH3 is 1. The van der Waals surface area contributed by atoms with E-state index in [1.165, 1.54) is 18.7 Å². The molecular weight excluding hydrogens is 502 g/mol. The first-order valence-corrected chi connectivity index (χ1v) is 14.5. The lowest BCUT2D eigenvalue weighted by Gasteiger charge is -2.32. The van der Waals surface area contributed by atoms with E-state index < -0.39 is 0 Å². The third kappa shape index (κ3) is 9.42. The third-order valence-corrected chi connectivity index (χ3v) is 7.71. The van der Waals surface area contributed by atoms with Crippen LogP contribution in [0.25, 0.3) is 6.08 Å². The van der Waals surface area contributed by atoms with Crippen molar-refractivity contribution in [3.8, 4) is 17.2 Å². The fraction of sp³-hybridized carbons (Fsp3) is 0.485. The van der Waals surface area contributed by atoms with E-state index in [1.807, 2.05) is 12.1 Å². The first-order valence-electron chi connectivity index (χ1n) is 14.5. The number of rotatable bonds is 14. The molecule has 1 unspecified atom stereocenters. The molecule has 40 heavy (non-hydrogen) atoms. The highest BCUT2D eigenvalue weighted by Gasteiger charge is 2.29. The van der Waals surface area contributed by atoms with E-state index in [0.717, 1.165) is 69.9 Å². The Hall–Kier alpha value is -3.29. The Balaban J connectivity index is 1.64. The van der Waals surface area contributed by atoms with Crippen LogP contribution in [0.2, 0.25) is 0 Å². The van der Waals surface area contributed by atoms with Crippen molar-refractivity contribution in [2.24, 2.45) is 5.41 Å². The Morgan fingerprint density at radius 1 is 1.10 bits per heavy atom. The maximum atomic E-state index is 12.9. The first-order chi connectivity index (χ1) is 19.3. The molecule has 3 rings (SSSR count). The lowest BCUT2D eigenvalue weighted by molar-refractivity contribution is -0.116.